The van der Waals surface area contributed by atoms with E-state index in [9.17, 15) is 14.0 Å². The van der Waals surface area contributed by atoms with Crippen LogP contribution < -0.4 is 5.56 Å². The number of carbonyl (C=O) groups is 1. The SMILES string of the molecule is Cc1cccc(=O)n1CCC(=O)N1CCCN(Cc2ccc(F)cc2)CC1. The molecule has 0 atom stereocenters. The van der Waals surface area contributed by atoms with Gasteiger partial charge in [0.25, 0.3) is 5.56 Å². The number of rotatable bonds is 5. The zero-order valence-electron chi connectivity index (χ0n) is 15.7. The van der Waals surface area contributed by atoms with Gasteiger partial charge in [0.1, 0.15) is 5.82 Å². The normalized spacial score (nSPS) is 15.6. The van der Waals surface area contributed by atoms with E-state index in [-0.39, 0.29) is 17.3 Å². The Bertz CT molecular complexity index is 832. The highest BCUT2D eigenvalue weighted by Crippen LogP contribution is 2.11. The highest BCUT2D eigenvalue weighted by molar-refractivity contribution is 5.76. The molecule has 0 N–H and O–H groups in total. The molecule has 5 nitrogen and oxygen atoms in total. The molecule has 1 amide bonds. The van der Waals surface area contributed by atoms with Crippen molar-refractivity contribution >= 4 is 5.91 Å². The van der Waals surface area contributed by atoms with Crippen LogP contribution in [0.5, 0.6) is 0 Å². The fourth-order valence-electron chi connectivity index (χ4n) is 3.50. The average Bonchev–Trinajstić information content (AvgIpc) is 2.89. The number of halogens is 1. The van der Waals surface area contributed by atoms with Gasteiger partial charge in [-0.2, -0.15) is 0 Å². The van der Waals surface area contributed by atoms with Crippen LogP contribution in [0.1, 0.15) is 24.1 Å². The molecule has 1 saturated heterocycles. The molecule has 0 aliphatic carbocycles. The molecule has 0 unspecified atom stereocenters. The summed E-state index contributed by atoms with van der Waals surface area (Å²) in [4.78, 5) is 28.7. The number of aromatic nitrogens is 1. The number of aryl methyl sites for hydroxylation is 1. The Morgan fingerprint density at radius 3 is 2.56 bits per heavy atom. The second-order valence-corrected chi connectivity index (χ2v) is 7.04. The molecule has 0 radical (unpaired) electrons. The van der Waals surface area contributed by atoms with Crippen LogP contribution in [-0.4, -0.2) is 46.5 Å². The minimum absolute atomic E-state index is 0.0656. The lowest BCUT2D eigenvalue weighted by Crippen LogP contribution is -2.36. The van der Waals surface area contributed by atoms with E-state index in [2.05, 4.69) is 4.90 Å². The monoisotopic (exact) mass is 371 g/mol. The van der Waals surface area contributed by atoms with Gasteiger partial charge in [0, 0.05) is 57.4 Å². The second kappa shape index (κ2) is 8.95. The van der Waals surface area contributed by atoms with Gasteiger partial charge in [-0.25, -0.2) is 4.39 Å². The number of carbonyl (C=O) groups excluding carboxylic acids is 1. The molecule has 0 saturated carbocycles. The molecule has 1 aromatic carbocycles. The van der Waals surface area contributed by atoms with Crippen LogP contribution in [-0.2, 0) is 17.9 Å². The van der Waals surface area contributed by atoms with Crippen molar-refractivity contribution in [3.8, 4) is 0 Å². The van der Waals surface area contributed by atoms with Crippen LogP contribution in [0.3, 0.4) is 0 Å². The van der Waals surface area contributed by atoms with Crippen molar-refractivity contribution in [1.82, 2.24) is 14.4 Å². The summed E-state index contributed by atoms with van der Waals surface area (Å²) in [5.41, 5.74) is 1.89. The fraction of sp³-hybridized carbons (Fsp3) is 0.429. The minimum Gasteiger partial charge on any atom is -0.341 e. The Labute approximate surface area is 159 Å². The molecule has 1 fully saturated rings. The van der Waals surface area contributed by atoms with Crippen molar-refractivity contribution in [3.05, 3.63) is 69.9 Å². The Hall–Kier alpha value is -2.47. The standard InChI is InChI=1S/C21H26FN3O2/c1-17-4-2-5-21(27)25(17)13-10-20(26)24-12-3-11-23(14-15-24)16-18-6-8-19(22)9-7-18/h2,4-9H,3,10-16H2,1H3. The summed E-state index contributed by atoms with van der Waals surface area (Å²) in [5.74, 6) is -0.132. The van der Waals surface area contributed by atoms with Crippen molar-refractivity contribution in [2.24, 2.45) is 0 Å². The first kappa shape index (κ1) is 19.3. The van der Waals surface area contributed by atoms with E-state index in [0.29, 0.717) is 19.5 Å². The lowest BCUT2D eigenvalue weighted by molar-refractivity contribution is -0.131. The lowest BCUT2D eigenvalue weighted by Gasteiger charge is -2.22. The van der Waals surface area contributed by atoms with Crippen molar-refractivity contribution in [2.45, 2.75) is 32.9 Å². The molecule has 3 rings (SSSR count). The summed E-state index contributed by atoms with van der Waals surface area (Å²) in [5, 5.41) is 0. The predicted molar refractivity (Wildman–Crippen MR) is 103 cm³/mol. The molecule has 144 valence electrons. The first-order valence-electron chi connectivity index (χ1n) is 9.44. The van der Waals surface area contributed by atoms with Crippen molar-refractivity contribution < 1.29 is 9.18 Å². The largest absolute Gasteiger partial charge is 0.341 e. The molecule has 2 heterocycles. The second-order valence-electron chi connectivity index (χ2n) is 7.04. The zero-order chi connectivity index (χ0) is 19.2. The van der Waals surface area contributed by atoms with E-state index in [1.54, 1.807) is 10.6 Å². The van der Waals surface area contributed by atoms with Gasteiger partial charge in [0.15, 0.2) is 0 Å². The molecule has 27 heavy (non-hydrogen) atoms. The molecule has 0 bridgehead atoms. The van der Waals surface area contributed by atoms with Crippen molar-refractivity contribution in [1.29, 1.82) is 0 Å². The topological polar surface area (TPSA) is 45.6 Å². The van der Waals surface area contributed by atoms with E-state index >= 15 is 0 Å². The third kappa shape index (κ3) is 5.26. The summed E-state index contributed by atoms with van der Waals surface area (Å²) >= 11 is 0. The number of hydrogen-bond acceptors (Lipinski definition) is 3. The number of amides is 1. The average molecular weight is 371 g/mol. The predicted octanol–water partition coefficient (Wildman–Crippen LogP) is 2.42. The molecular formula is C21H26FN3O2. The summed E-state index contributed by atoms with van der Waals surface area (Å²) in [6.45, 7) is 6.20. The van der Waals surface area contributed by atoms with Crippen LogP contribution in [0, 0.1) is 12.7 Å². The maximum absolute atomic E-state index is 13.0. The third-order valence-electron chi connectivity index (χ3n) is 5.08. The van der Waals surface area contributed by atoms with Crippen molar-refractivity contribution in [2.75, 3.05) is 26.2 Å². The van der Waals surface area contributed by atoms with Crippen LogP contribution in [0.25, 0.3) is 0 Å². The Kier molecular flexibility index (Phi) is 6.40. The van der Waals surface area contributed by atoms with Gasteiger partial charge in [-0.3, -0.25) is 14.5 Å². The number of pyridine rings is 1. The lowest BCUT2D eigenvalue weighted by atomic mass is 10.2. The van der Waals surface area contributed by atoms with E-state index in [1.165, 1.54) is 18.2 Å². The van der Waals surface area contributed by atoms with Gasteiger partial charge >= 0.3 is 0 Å². The maximum Gasteiger partial charge on any atom is 0.250 e. The van der Waals surface area contributed by atoms with Gasteiger partial charge in [-0.15, -0.1) is 0 Å². The van der Waals surface area contributed by atoms with Crippen LogP contribution in [0.2, 0.25) is 0 Å². The van der Waals surface area contributed by atoms with Gasteiger partial charge in [-0.1, -0.05) is 18.2 Å². The summed E-state index contributed by atoms with van der Waals surface area (Å²) in [7, 11) is 0. The molecule has 2 aromatic rings. The van der Waals surface area contributed by atoms with E-state index in [1.807, 2.05) is 30.0 Å². The number of hydrogen-bond donors (Lipinski definition) is 0. The van der Waals surface area contributed by atoms with Gasteiger partial charge in [0.2, 0.25) is 5.91 Å². The fourth-order valence-corrected chi connectivity index (χ4v) is 3.50. The summed E-state index contributed by atoms with van der Waals surface area (Å²) < 4.78 is 14.7. The van der Waals surface area contributed by atoms with E-state index < -0.39 is 0 Å². The maximum atomic E-state index is 13.0. The quantitative estimate of drug-likeness (QED) is 0.811. The van der Waals surface area contributed by atoms with Gasteiger partial charge < -0.3 is 9.47 Å². The number of benzene rings is 1. The molecular weight excluding hydrogens is 345 g/mol. The highest BCUT2D eigenvalue weighted by Gasteiger charge is 2.19. The summed E-state index contributed by atoms with van der Waals surface area (Å²) in [6.07, 6.45) is 1.25. The van der Waals surface area contributed by atoms with Crippen molar-refractivity contribution in [3.63, 3.8) is 0 Å². The van der Waals surface area contributed by atoms with E-state index in [4.69, 9.17) is 0 Å². The van der Waals surface area contributed by atoms with Crippen LogP contribution in [0.15, 0.2) is 47.3 Å². The highest BCUT2D eigenvalue weighted by atomic mass is 19.1. The first-order valence-corrected chi connectivity index (χ1v) is 9.44. The Morgan fingerprint density at radius 1 is 1.04 bits per heavy atom. The summed E-state index contributed by atoms with van der Waals surface area (Å²) in [6, 6.07) is 11.7. The molecule has 0 spiro atoms. The molecule has 1 aliphatic heterocycles. The van der Waals surface area contributed by atoms with Crippen LogP contribution >= 0.6 is 0 Å². The van der Waals surface area contributed by atoms with E-state index in [0.717, 1.165) is 43.9 Å². The Balaban J connectivity index is 1.52. The Morgan fingerprint density at radius 2 is 1.81 bits per heavy atom. The first-order chi connectivity index (χ1) is 13.0. The smallest absolute Gasteiger partial charge is 0.250 e. The van der Waals surface area contributed by atoms with Crippen LogP contribution in [0.4, 0.5) is 4.39 Å². The minimum atomic E-state index is -0.223. The molecule has 1 aliphatic rings. The van der Waals surface area contributed by atoms with Gasteiger partial charge in [-0.05, 0) is 37.1 Å². The third-order valence-corrected chi connectivity index (χ3v) is 5.08. The zero-order valence-corrected chi connectivity index (χ0v) is 15.7. The number of nitrogens with zero attached hydrogens (tertiary/aromatic N) is 3. The molecule has 6 heteroatoms. The van der Waals surface area contributed by atoms with Gasteiger partial charge in [0.05, 0.1) is 0 Å². The molecule has 1 aromatic heterocycles.